The van der Waals surface area contributed by atoms with Gasteiger partial charge in [-0.15, -0.1) is 0 Å². The lowest BCUT2D eigenvalue weighted by atomic mass is 9.85. The van der Waals surface area contributed by atoms with Gasteiger partial charge >= 0.3 is 0 Å². The van der Waals surface area contributed by atoms with Gasteiger partial charge in [-0.05, 0) is 25.8 Å². The number of carbonyl (C=O) groups is 1. The molecule has 1 aliphatic heterocycles. The third kappa shape index (κ3) is 6.29. The van der Waals surface area contributed by atoms with Gasteiger partial charge in [0.1, 0.15) is 0 Å². The molecule has 1 amide bonds. The maximum absolute atomic E-state index is 12.8. The molecule has 9 nitrogen and oxygen atoms in total. The van der Waals surface area contributed by atoms with E-state index in [1.54, 1.807) is 17.3 Å². The molecule has 2 aliphatic rings. The summed E-state index contributed by atoms with van der Waals surface area (Å²) in [5.41, 5.74) is -0.332. The first kappa shape index (κ1) is 23.2. The SMILES string of the molecule is CCNC(=NCC1(C(=O)N(C)C)CCCC1)NCCN1CCN(c2ncccn2)CC1. The van der Waals surface area contributed by atoms with Crippen molar-refractivity contribution < 1.29 is 4.79 Å². The zero-order chi connectivity index (χ0) is 22.1. The molecule has 1 saturated carbocycles. The summed E-state index contributed by atoms with van der Waals surface area (Å²) in [5, 5.41) is 6.78. The maximum atomic E-state index is 12.8. The van der Waals surface area contributed by atoms with E-state index < -0.39 is 0 Å². The third-order valence-electron chi connectivity index (χ3n) is 6.23. The molecule has 0 radical (unpaired) electrons. The van der Waals surface area contributed by atoms with Gasteiger partial charge in [-0.3, -0.25) is 14.7 Å². The zero-order valence-electron chi connectivity index (χ0n) is 19.3. The minimum absolute atomic E-state index is 0.213. The molecule has 0 atom stereocenters. The van der Waals surface area contributed by atoms with Gasteiger partial charge < -0.3 is 20.4 Å². The fraction of sp³-hybridized carbons (Fsp3) is 0.727. The Kier molecular flexibility index (Phi) is 8.45. The van der Waals surface area contributed by atoms with Crippen LogP contribution >= 0.6 is 0 Å². The summed E-state index contributed by atoms with van der Waals surface area (Å²) in [6.07, 6.45) is 7.67. The molecule has 0 unspecified atom stereocenters. The molecule has 1 saturated heterocycles. The minimum Gasteiger partial charge on any atom is -0.357 e. The van der Waals surface area contributed by atoms with Crippen molar-refractivity contribution in [2.75, 3.05) is 71.4 Å². The van der Waals surface area contributed by atoms with Crippen molar-refractivity contribution >= 4 is 17.8 Å². The van der Waals surface area contributed by atoms with Crippen molar-refractivity contribution in [1.29, 1.82) is 0 Å². The molecule has 0 bridgehead atoms. The molecule has 2 N–H and O–H groups in total. The molecule has 2 fully saturated rings. The molecular weight excluding hydrogens is 392 g/mol. The minimum atomic E-state index is -0.332. The number of nitrogens with one attached hydrogen (secondary N) is 2. The average molecular weight is 431 g/mol. The smallest absolute Gasteiger partial charge is 0.230 e. The second kappa shape index (κ2) is 11.3. The number of amides is 1. The highest BCUT2D eigenvalue weighted by atomic mass is 16.2. The Hall–Kier alpha value is -2.42. The molecule has 1 aliphatic carbocycles. The van der Waals surface area contributed by atoms with Crippen LogP contribution in [0.3, 0.4) is 0 Å². The lowest BCUT2D eigenvalue weighted by molar-refractivity contribution is -0.138. The fourth-order valence-corrected chi connectivity index (χ4v) is 4.50. The van der Waals surface area contributed by atoms with Gasteiger partial charge in [0.05, 0.1) is 12.0 Å². The van der Waals surface area contributed by atoms with Gasteiger partial charge in [0.15, 0.2) is 5.96 Å². The summed E-state index contributed by atoms with van der Waals surface area (Å²) in [5.74, 6) is 1.83. The van der Waals surface area contributed by atoms with Crippen LogP contribution in [-0.2, 0) is 4.79 Å². The van der Waals surface area contributed by atoms with E-state index in [-0.39, 0.29) is 11.3 Å². The van der Waals surface area contributed by atoms with Crippen LogP contribution in [0, 0.1) is 5.41 Å². The number of aromatic nitrogens is 2. The Balaban J connectivity index is 1.46. The van der Waals surface area contributed by atoms with Crippen molar-refractivity contribution in [3.8, 4) is 0 Å². The van der Waals surface area contributed by atoms with Gasteiger partial charge in [-0.25, -0.2) is 9.97 Å². The Morgan fingerprint density at radius 3 is 2.42 bits per heavy atom. The predicted molar refractivity (Wildman–Crippen MR) is 124 cm³/mol. The van der Waals surface area contributed by atoms with Crippen LogP contribution in [0.1, 0.15) is 32.6 Å². The summed E-state index contributed by atoms with van der Waals surface area (Å²) in [6, 6.07) is 1.85. The Morgan fingerprint density at radius 1 is 1.13 bits per heavy atom. The Morgan fingerprint density at radius 2 is 1.81 bits per heavy atom. The van der Waals surface area contributed by atoms with Gasteiger partial charge in [-0.2, -0.15) is 0 Å². The van der Waals surface area contributed by atoms with Crippen LogP contribution in [0.25, 0.3) is 0 Å². The predicted octanol–water partition coefficient (Wildman–Crippen LogP) is 0.802. The summed E-state index contributed by atoms with van der Waals surface area (Å²) >= 11 is 0. The van der Waals surface area contributed by atoms with Gasteiger partial charge in [0.2, 0.25) is 11.9 Å². The van der Waals surface area contributed by atoms with Crippen LogP contribution in [0.2, 0.25) is 0 Å². The fourth-order valence-electron chi connectivity index (χ4n) is 4.50. The van der Waals surface area contributed by atoms with E-state index in [1.807, 2.05) is 20.2 Å². The number of rotatable bonds is 8. The topological polar surface area (TPSA) is 89.0 Å². The lowest BCUT2D eigenvalue weighted by Gasteiger charge is -2.34. The average Bonchev–Trinajstić information content (AvgIpc) is 3.28. The quantitative estimate of drug-likeness (QED) is 0.466. The second-order valence-electron chi connectivity index (χ2n) is 8.69. The standard InChI is InChI=1S/C22H38N8O/c1-4-23-20(27-18-22(8-5-6-9-22)19(31)28(2)3)24-12-13-29-14-16-30(17-15-29)21-25-10-7-11-26-21/h7,10-11H,4-6,8-9,12-18H2,1-3H3,(H2,23,24,27). The molecule has 0 spiro atoms. The first-order valence-electron chi connectivity index (χ1n) is 11.5. The van der Waals surface area contributed by atoms with Crippen LogP contribution in [0.5, 0.6) is 0 Å². The van der Waals surface area contributed by atoms with Crippen molar-refractivity contribution in [3.05, 3.63) is 18.5 Å². The summed E-state index contributed by atoms with van der Waals surface area (Å²) in [4.78, 5) is 32.7. The molecule has 2 heterocycles. The van der Waals surface area contributed by atoms with Crippen LogP contribution < -0.4 is 15.5 Å². The normalized spacial score (nSPS) is 19.3. The third-order valence-corrected chi connectivity index (χ3v) is 6.23. The Bertz CT molecular complexity index is 709. The first-order chi connectivity index (χ1) is 15.0. The van der Waals surface area contributed by atoms with Gasteiger partial charge in [-0.1, -0.05) is 12.8 Å². The van der Waals surface area contributed by atoms with Crippen LogP contribution in [-0.4, -0.2) is 98.1 Å². The van der Waals surface area contributed by atoms with E-state index in [0.29, 0.717) is 6.54 Å². The lowest BCUT2D eigenvalue weighted by Crippen LogP contribution is -2.50. The summed E-state index contributed by atoms with van der Waals surface area (Å²) in [6.45, 7) is 9.06. The number of hydrogen-bond donors (Lipinski definition) is 2. The number of carbonyl (C=O) groups excluding carboxylic acids is 1. The number of anilines is 1. The van der Waals surface area contributed by atoms with E-state index in [1.165, 1.54) is 0 Å². The van der Waals surface area contributed by atoms with Gasteiger partial charge in [0.25, 0.3) is 0 Å². The van der Waals surface area contributed by atoms with Crippen molar-refractivity contribution in [2.45, 2.75) is 32.6 Å². The first-order valence-corrected chi connectivity index (χ1v) is 11.5. The van der Waals surface area contributed by atoms with E-state index in [9.17, 15) is 4.79 Å². The molecule has 1 aromatic rings. The highest BCUT2D eigenvalue weighted by Gasteiger charge is 2.42. The molecular formula is C22H38N8O. The van der Waals surface area contributed by atoms with E-state index in [0.717, 1.165) is 83.4 Å². The second-order valence-corrected chi connectivity index (χ2v) is 8.69. The molecule has 31 heavy (non-hydrogen) atoms. The monoisotopic (exact) mass is 430 g/mol. The van der Waals surface area contributed by atoms with Crippen molar-refractivity contribution in [3.63, 3.8) is 0 Å². The molecule has 9 heteroatoms. The largest absolute Gasteiger partial charge is 0.357 e. The van der Waals surface area contributed by atoms with E-state index in [4.69, 9.17) is 4.99 Å². The molecule has 3 rings (SSSR count). The maximum Gasteiger partial charge on any atom is 0.230 e. The Labute approximate surface area is 186 Å². The summed E-state index contributed by atoms with van der Waals surface area (Å²) in [7, 11) is 3.69. The number of aliphatic imine (C=N–C) groups is 1. The molecule has 1 aromatic heterocycles. The van der Waals surface area contributed by atoms with E-state index in [2.05, 4.69) is 37.3 Å². The number of guanidine groups is 1. The van der Waals surface area contributed by atoms with Gasteiger partial charge in [0, 0.05) is 72.3 Å². The van der Waals surface area contributed by atoms with Crippen LogP contribution in [0.15, 0.2) is 23.5 Å². The highest BCUT2D eigenvalue weighted by Crippen LogP contribution is 2.39. The molecule has 172 valence electrons. The van der Waals surface area contributed by atoms with E-state index >= 15 is 0 Å². The van der Waals surface area contributed by atoms with Crippen molar-refractivity contribution in [2.24, 2.45) is 10.4 Å². The van der Waals surface area contributed by atoms with Crippen LogP contribution in [0.4, 0.5) is 5.95 Å². The summed E-state index contributed by atoms with van der Waals surface area (Å²) < 4.78 is 0. The number of hydrogen-bond acceptors (Lipinski definition) is 6. The molecule has 0 aromatic carbocycles. The zero-order valence-corrected chi connectivity index (χ0v) is 19.3. The highest BCUT2D eigenvalue weighted by molar-refractivity contribution is 5.84. The number of nitrogens with zero attached hydrogens (tertiary/aromatic N) is 6. The van der Waals surface area contributed by atoms with Crippen molar-refractivity contribution in [1.82, 2.24) is 30.4 Å². The number of piperazine rings is 1.